The molecule has 0 amide bonds. The van der Waals surface area contributed by atoms with Gasteiger partial charge in [-0.25, -0.2) is 0 Å². The molecule has 0 saturated carbocycles. The summed E-state index contributed by atoms with van der Waals surface area (Å²) in [6.07, 6.45) is 6.65. The highest BCUT2D eigenvalue weighted by atomic mass is 13.9. The van der Waals surface area contributed by atoms with Crippen LogP contribution in [0, 0.1) is 5.92 Å². The molecule has 0 spiro atoms. The lowest BCUT2D eigenvalue weighted by molar-refractivity contribution is 0.663. The zero-order chi connectivity index (χ0) is 7.98. The molecule has 0 aromatic carbocycles. The molecule has 10 heavy (non-hydrogen) atoms. The van der Waals surface area contributed by atoms with E-state index in [4.69, 9.17) is 0 Å². The summed E-state index contributed by atoms with van der Waals surface area (Å²) < 4.78 is 0. The van der Waals surface area contributed by atoms with E-state index in [-0.39, 0.29) is 0 Å². The molecule has 0 heterocycles. The summed E-state index contributed by atoms with van der Waals surface area (Å²) in [6.45, 7) is 10.3. The van der Waals surface area contributed by atoms with Gasteiger partial charge in [-0.05, 0) is 25.7 Å². The van der Waals surface area contributed by atoms with Gasteiger partial charge in [-0.15, -0.1) is 0 Å². The van der Waals surface area contributed by atoms with Gasteiger partial charge in [0.1, 0.15) is 0 Å². The molecule has 0 aliphatic carbocycles. The lowest BCUT2D eigenvalue weighted by Gasteiger charge is -1.96. The van der Waals surface area contributed by atoms with E-state index in [0.717, 1.165) is 12.3 Å². The first-order valence-corrected chi connectivity index (χ1v) is 3.92. The molecular formula is C10H18. The first-order valence-electron chi connectivity index (χ1n) is 3.92. The number of rotatable bonds is 4. The molecule has 0 aliphatic rings. The zero-order valence-corrected chi connectivity index (χ0v) is 7.35. The summed E-state index contributed by atoms with van der Waals surface area (Å²) in [5.41, 5.74) is 1.24. The van der Waals surface area contributed by atoms with Crippen LogP contribution in [-0.4, -0.2) is 0 Å². The largest absolute Gasteiger partial charge is 0.0998 e. The molecule has 0 bridgehead atoms. The first-order chi connectivity index (χ1) is 4.63. The second kappa shape index (κ2) is 5.28. The number of hydrogen-bond donors (Lipinski definition) is 0. The van der Waals surface area contributed by atoms with Crippen molar-refractivity contribution in [2.24, 2.45) is 5.92 Å². The summed E-state index contributed by atoms with van der Waals surface area (Å²) in [5.74, 6) is 0.779. The molecule has 0 aliphatic heterocycles. The van der Waals surface area contributed by atoms with E-state index < -0.39 is 0 Å². The highest BCUT2D eigenvalue weighted by Crippen LogP contribution is 2.02. The van der Waals surface area contributed by atoms with Crippen LogP contribution in [0.15, 0.2) is 24.3 Å². The fourth-order valence-electron chi connectivity index (χ4n) is 0.653. The van der Waals surface area contributed by atoms with Crippen LogP contribution < -0.4 is 0 Å². The van der Waals surface area contributed by atoms with Gasteiger partial charge in [0.05, 0.1) is 0 Å². The Morgan fingerprint density at radius 3 is 2.40 bits per heavy atom. The van der Waals surface area contributed by atoms with Crippen molar-refractivity contribution in [1.29, 1.82) is 0 Å². The van der Waals surface area contributed by atoms with Crippen LogP contribution in [0.4, 0.5) is 0 Å². The minimum Gasteiger partial charge on any atom is -0.0998 e. The van der Waals surface area contributed by atoms with E-state index in [9.17, 15) is 0 Å². The molecule has 0 saturated heterocycles. The average Bonchev–Trinajstić information content (AvgIpc) is 1.79. The molecular weight excluding hydrogens is 120 g/mol. The normalized spacial score (nSPS) is 11.2. The van der Waals surface area contributed by atoms with Crippen LogP contribution in [-0.2, 0) is 0 Å². The van der Waals surface area contributed by atoms with Crippen molar-refractivity contribution in [3.8, 4) is 0 Å². The summed E-state index contributed by atoms with van der Waals surface area (Å²) in [4.78, 5) is 0. The van der Waals surface area contributed by atoms with Crippen molar-refractivity contribution in [3.05, 3.63) is 24.3 Å². The Bertz CT molecular complexity index is 118. The van der Waals surface area contributed by atoms with Crippen molar-refractivity contribution in [3.63, 3.8) is 0 Å². The SMILES string of the molecule is C=C(C)CC=CCC(C)C. The molecule has 58 valence electrons. The molecule has 0 N–H and O–H groups in total. The van der Waals surface area contributed by atoms with Gasteiger partial charge in [-0.1, -0.05) is 38.2 Å². The van der Waals surface area contributed by atoms with Gasteiger partial charge in [0, 0.05) is 0 Å². The van der Waals surface area contributed by atoms with Gasteiger partial charge < -0.3 is 0 Å². The zero-order valence-electron chi connectivity index (χ0n) is 7.35. The quantitative estimate of drug-likeness (QED) is 0.521. The molecule has 0 atom stereocenters. The van der Waals surface area contributed by atoms with E-state index in [1.165, 1.54) is 12.0 Å². The van der Waals surface area contributed by atoms with Crippen LogP contribution in [0.1, 0.15) is 33.6 Å². The van der Waals surface area contributed by atoms with Gasteiger partial charge in [0.25, 0.3) is 0 Å². The molecule has 0 unspecified atom stereocenters. The monoisotopic (exact) mass is 138 g/mol. The number of hydrogen-bond acceptors (Lipinski definition) is 0. The van der Waals surface area contributed by atoms with E-state index in [0.29, 0.717) is 0 Å². The molecule has 0 aromatic heterocycles. The van der Waals surface area contributed by atoms with Crippen LogP contribution in [0.25, 0.3) is 0 Å². The van der Waals surface area contributed by atoms with Crippen LogP contribution in [0.2, 0.25) is 0 Å². The maximum atomic E-state index is 3.82. The molecule has 0 fully saturated rings. The molecule has 0 aromatic rings. The summed E-state index contributed by atoms with van der Waals surface area (Å²) in [6, 6.07) is 0. The van der Waals surface area contributed by atoms with Crippen LogP contribution in [0.3, 0.4) is 0 Å². The second-order valence-electron chi connectivity index (χ2n) is 3.26. The fraction of sp³-hybridized carbons (Fsp3) is 0.600. The standard InChI is InChI=1S/C10H18/c1-9(2)7-5-6-8-10(3)4/h5-6,10H,1,7-8H2,2-4H3. The summed E-state index contributed by atoms with van der Waals surface area (Å²) in [7, 11) is 0. The minimum absolute atomic E-state index is 0.779. The Balaban J connectivity index is 3.29. The average molecular weight is 138 g/mol. The summed E-state index contributed by atoms with van der Waals surface area (Å²) in [5, 5.41) is 0. The lowest BCUT2D eigenvalue weighted by Crippen LogP contribution is -1.81. The number of allylic oxidation sites excluding steroid dienone is 3. The molecule has 0 nitrogen and oxygen atoms in total. The Kier molecular flexibility index (Phi) is 5.00. The highest BCUT2D eigenvalue weighted by Gasteiger charge is 1.86. The second-order valence-corrected chi connectivity index (χ2v) is 3.26. The van der Waals surface area contributed by atoms with E-state index in [1.807, 2.05) is 0 Å². The smallest absolute Gasteiger partial charge is 0.0144 e. The van der Waals surface area contributed by atoms with Crippen molar-refractivity contribution in [2.75, 3.05) is 0 Å². The van der Waals surface area contributed by atoms with Gasteiger partial charge in [-0.2, -0.15) is 0 Å². The van der Waals surface area contributed by atoms with Crippen LogP contribution >= 0.6 is 0 Å². The highest BCUT2D eigenvalue weighted by molar-refractivity contribution is 4.98. The van der Waals surface area contributed by atoms with Crippen molar-refractivity contribution in [2.45, 2.75) is 33.6 Å². The molecule has 0 rings (SSSR count). The topological polar surface area (TPSA) is 0 Å². The Hall–Kier alpha value is -0.520. The maximum Gasteiger partial charge on any atom is -0.0144 e. The lowest BCUT2D eigenvalue weighted by atomic mass is 10.1. The van der Waals surface area contributed by atoms with Crippen molar-refractivity contribution < 1.29 is 0 Å². The fourth-order valence-corrected chi connectivity index (χ4v) is 0.653. The van der Waals surface area contributed by atoms with Gasteiger partial charge >= 0.3 is 0 Å². The van der Waals surface area contributed by atoms with E-state index in [2.05, 4.69) is 39.5 Å². The maximum absolute atomic E-state index is 3.82. The Labute approximate surface area is 64.6 Å². The van der Waals surface area contributed by atoms with Gasteiger partial charge in [-0.3, -0.25) is 0 Å². The first kappa shape index (κ1) is 9.48. The predicted molar refractivity (Wildman–Crippen MR) is 48.0 cm³/mol. The van der Waals surface area contributed by atoms with Crippen molar-refractivity contribution >= 4 is 0 Å². The van der Waals surface area contributed by atoms with Crippen molar-refractivity contribution in [1.82, 2.24) is 0 Å². The van der Waals surface area contributed by atoms with E-state index >= 15 is 0 Å². The third kappa shape index (κ3) is 7.48. The predicted octanol–water partition coefficient (Wildman–Crippen LogP) is 3.55. The minimum atomic E-state index is 0.779. The van der Waals surface area contributed by atoms with Gasteiger partial charge in [0.15, 0.2) is 0 Å². The molecule has 0 heteroatoms. The Morgan fingerprint density at radius 2 is 2.00 bits per heavy atom. The van der Waals surface area contributed by atoms with Crippen LogP contribution in [0.5, 0.6) is 0 Å². The third-order valence-electron chi connectivity index (χ3n) is 1.24. The third-order valence-corrected chi connectivity index (χ3v) is 1.24. The van der Waals surface area contributed by atoms with Gasteiger partial charge in [0.2, 0.25) is 0 Å². The Morgan fingerprint density at radius 1 is 1.40 bits per heavy atom. The van der Waals surface area contributed by atoms with E-state index in [1.54, 1.807) is 0 Å². The summed E-state index contributed by atoms with van der Waals surface area (Å²) >= 11 is 0. The molecule has 0 radical (unpaired) electrons.